The number of methoxy groups -OCH3 is 1. The van der Waals surface area contributed by atoms with Gasteiger partial charge >= 0.3 is 0 Å². The second-order valence-corrected chi connectivity index (χ2v) is 9.07. The molecule has 0 spiro atoms. The zero-order valence-corrected chi connectivity index (χ0v) is 19.2. The zero-order chi connectivity index (χ0) is 19.8. The van der Waals surface area contributed by atoms with Crippen molar-refractivity contribution in [2.75, 3.05) is 34.8 Å². The summed E-state index contributed by atoms with van der Waals surface area (Å²) in [5.41, 5.74) is 0. The van der Waals surface area contributed by atoms with E-state index < -0.39 is 0 Å². The van der Waals surface area contributed by atoms with Gasteiger partial charge in [-0.05, 0) is 19.8 Å². The highest BCUT2D eigenvalue weighted by atomic mass is 16.5. The van der Waals surface area contributed by atoms with Gasteiger partial charge in [0.2, 0.25) is 0 Å². The SMILES string of the molecule is CCCCCCCCCCCC(CC)OC(CC[N+](C)(C)C)C(C)OC. The van der Waals surface area contributed by atoms with Crippen molar-refractivity contribution in [3.8, 4) is 0 Å². The minimum atomic E-state index is 0.165. The van der Waals surface area contributed by atoms with Crippen molar-refractivity contribution in [3.05, 3.63) is 0 Å². The molecule has 26 heavy (non-hydrogen) atoms. The highest BCUT2D eigenvalue weighted by Gasteiger charge is 2.24. The second kappa shape index (κ2) is 15.9. The van der Waals surface area contributed by atoms with E-state index in [-0.39, 0.29) is 12.2 Å². The van der Waals surface area contributed by atoms with Crippen molar-refractivity contribution in [1.82, 2.24) is 0 Å². The van der Waals surface area contributed by atoms with E-state index >= 15 is 0 Å². The molecule has 158 valence electrons. The van der Waals surface area contributed by atoms with Crippen LogP contribution in [-0.2, 0) is 9.47 Å². The van der Waals surface area contributed by atoms with Crippen LogP contribution in [0.5, 0.6) is 0 Å². The molecular formula is C23H50NO2+. The summed E-state index contributed by atoms with van der Waals surface area (Å²) in [6.45, 7) is 7.80. The third-order valence-corrected chi connectivity index (χ3v) is 5.43. The van der Waals surface area contributed by atoms with Crippen molar-refractivity contribution >= 4 is 0 Å². The molecule has 0 N–H and O–H groups in total. The molecule has 0 saturated heterocycles. The summed E-state index contributed by atoms with van der Waals surface area (Å²) in [7, 11) is 8.53. The van der Waals surface area contributed by atoms with Crippen LogP contribution in [0, 0.1) is 0 Å². The van der Waals surface area contributed by atoms with E-state index in [1.54, 1.807) is 7.11 Å². The Morgan fingerprint density at radius 2 is 1.31 bits per heavy atom. The largest absolute Gasteiger partial charge is 0.379 e. The Balaban J connectivity index is 4.03. The Labute approximate surface area is 165 Å². The number of ether oxygens (including phenoxy) is 2. The van der Waals surface area contributed by atoms with Crippen molar-refractivity contribution in [2.45, 2.75) is 116 Å². The van der Waals surface area contributed by atoms with Crippen LogP contribution in [0.1, 0.15) is 97.8 Å². The molecule has 0 fully saturated rings. The predicted octanol–water partition coefficient (Wildman–Crippen LogP) is 6.20. The molecule has 0 radical (unpaired) electrons. The summed E-state index contributed by atoms with van der Waals surface area (Å²) in [5, 5.41) is 0. The Hall–Kier alpha value is -0.120. The van der Waals surface area contributed by atoms with Crippen molar-refractivity contribution in [1.29, 1.82) is 0 Å². The molecule has 3 nitrogen and oxygen atoms in total. The number of hydrogen-bond acceptors (Lipinski definition) is 2. The molecular weight excluding hydrogens is 322 g/mol. The maximum atomic E-state index is 6.48. The molecule has 0 bridgehead atoms. The lowest BCUT2D eigenvalue weighted by Gasteiger charge is -2.31. The van der Waals surface area contributed by atoms with E-state index in [9.17, 15) is 0 Å². The van der Waals surface area contributed by atoms with Gasteiger partial charge in [0.05, 0.1) is 46.0 Å². The molecule has 0 aromatic rings. The zero-order valence-electron chi connectivity index (χ0n) is 19.2. The van der Waals surface area contributed by atoms with Gasteiger partial charge in [0.25, 0.3) is 0 Å². The molecule has 0 saturated carbocycles. The van der Waals surface area contributed by atoms with Crippen LogP contribution in [-0.4, -0.2) is 57.6 Å². The van der Waals surface area contributed by atoms with Crippen LogP contribution in [0.25, 0.3) is 0 Å². The lowest BCUT2D eigenvalue weighted by atomic mass is 10.0. The standard InChI is InChI=1S/C23H50NO2/c1-8-10-11-12-13-14-15-16-17-18-22(9-2)26-23(21(3)25-7)19-20-24(4,5)6/h21-23H,8-20H2,1-7H3/q+1. The molecule has 3 atom stereocenters. The fourth-order valence-electron chi connectivity index (χ4n) is 3.38. The average Bonchev–Trinajstić information content (AvgIpc) is 2.60. The first-order valence-electron chi connectivity index (χ1n) is 11.3. The highest BCUT2D eigenvalue weighted by molar-refractivity contribution is 4.69. The number of hydrogen-bond donors (Lipinski definition) is 0. The topological polar surface area (TPSA) is 18.5 Å². The van der Waals surface area contributed by atoms with Gasteiger partial charge in [-0.1, -0.05) is 71.6 Å². The molecule has 0 aliphatic rings. The summed E-state index contributed by atoms with van der Waals surface area (Å²) in [6.07, 6.45) is 16.6. The highest BCUT2D eigenvalue weighted by Crippen LogP contribution is 2.19. The molecule has 0 aliphatic heterocycles. The maximum absolute atomic E-state index is 6.48. The second-order valence-electron chi connectivity index (χ2n) is 9.07. The van der Waals surface area contributed by atoms with E-state index in [1.807, 2.05) is 0 Å². The van der Waals surface area contributed by atoms with Crippen LogP contribution in [0.15, 0.2) is 0 Å². The first-order chi connectivity index (χ1) is 12.3. The van der Waals surface area contributed by atoms with Gasteiger partial charge in [0.15, 0.2) is 0 Å². The molecule has 0 aromatic carbocycles. The van der Waals surface area contributed by atoms with E-state index in [2.05, 4.69) is 41.9 Å². The summed E-state index contributed by atoms with van der Waals surface area (Å²) in [4.78, 5) is 0. The van der Waals surface area contributed by atoms with E-state index in [0.29, 0.717) is 6.10 Å². The van der Waals surface area contributed by atoms with E-state index in [1.165, 1.54) is 64.2 Å². The van der Waals surface area contributed by atoms with Crippen LogP contribution in [0.4, 0.5) is 0 Å². The van der Waals surface area contributed by atoms with Crippen LogP contribution < -0.4 is 0 Å². The van der Waals surface area contributed by atoms with E-state index in [0.717, 1.165) is 23.9 Å². The lowest BCUT2D eigenvalue weighted by molar-refractivity contribution is -0.871. The van der Waals surface area contributed by atoms with Crippen molar-refractivity contribution in [3.63, 3.8) is 0 Å². The Kier molecular flexibility index (Phi) is 15.8. The van der Waals surface area contributed by atoms with Gasteiger partial charge in [-0.2, -0.15) is 0 Å². The first kappa shape index (κ1) is 25.9. The third kappa shape index (κ3) is 15.0. The van der Waals surface area contributed by atoms with Gasteiger partial charge < -0.3 is 14.0 Å². The van der Waals surface area contributed by atoms with Crippen molar-refractivity contribution in [2.24, 2.45) is 0 Å². The quantitative estimate of drug-likeness (QED) is 0.210. The Bertz CT molecular complexity index is 301. The molecule has 3 unspecified atom stereocenters. The van der Waals surface area contributed by atoms with Gasteiger partial charge in [0.1, 0.15) is 0 Å². The first-order valence-corrected chi connectivity index (χ1v) is 11.3. The number of rotatable bonds is 18. The molecule has 0 heterocycles. The molecule has 0 amide bonds. The van der Waals surface area contributed by atoms with Gasteiger partial charge in [-0.15, -0.1) is 0 Å². The lowest BCUT2D eigenvalue weighted by Crippen LogP contribution is -2.41. The molecule has 0 aliphatic carbocycles. The van der Waals surface area contributed by atoms with Crippen molar-refractivity contribution < 1.29 is 14.0 Å². The van der Waals surface area contributed by atoms with Crippen LogP contribution in [0.3, 0.4) is 0 Å². The van der Waals surface area contributed by atoms with E-state index in [4.69, 9.17) is 9.47 Å². The summed E-state index contributed by atoms with van der Waals surface area (Å²) >= 11 is 0. The van der Waals surface area contributed by atoms with Gasteiger partial charge in [0, 0.05) is 13.5 Å². The third-order valence-electron chi connectivity index (χ3n) is 5.43. The number of nitrogens with zero attached hydrogens (tertiary/aromatic N) is 1. The predicted molar refractivity (Wildman–Crippen MR) is 115 cm³/mol. The molecule has 0 rings (SSSR count). The Morgan fingerprint density at radius 1 is 0.769 bits per heavy atom. The van der Waals surface area contributed by atoms with Crippen LogP contribution >= 0.6 is 0 Å². The normalized spacial score (nSPS) is 15.8. The maximum Gasteiger partial charge on any atom is 0.0890 e. The summed E-state index contributed by atoms with van der Waals surface area (Å²) < 4.78 is 13.1. The average molecular weight is 373 g/mol. The monoisotopic (exact) mass is 372 g/mol. The minimum Gasteiger partial charge on any atom is -0.379 e. The Morgan fingerprint density at radius 3 is 1.77 bits per heavy atom. The number of unbranched alkanes of at least 4 members (excludes halogenated alkanes) is 8. The minimum absolute atomic E-state index is 0.165. The van der Waals surface area contributed by atoms with Gasteiger partial charge in [-0.25, -0.2) is 0 Å². The molecule has 0 aromatic heterocycles. The molecule has 3 heteroatoms. The fourth-order valence-corrected chi connectivity index (χ4v) is 3.38. The number of quaternary nitrogens is 1. The smallest absolute Gasteiger partial charge is 0.0890 e. The van der Waals surface area contributed by atoms with Crippen LogP contribution in [0.2, 0.25) is 0 Å². The van der Waals surface area contributed by atoms with Gasteiger partial charge in [-0.3, -0.25) is 0 Å². The summed E-state index contributed by atoms with van der Waals surface area (Å²) in [6, 6.07) is 0. The fraction of sp³-hybridized carbons (Fsp3) is 1.00. The summed E-state index contributed by atoms with van der Waals surface area (Å²) in [5.74, 6) is 0.